The van der Waals surface area contributed by atoms with Crippen molar-refractivity contribution in [3.05, 3.63) is 21.9 Å². The number of rotatable bonds is 1. The predicted molar refractivity (Wildman–Crippen MR) is 82.2 cm³/mol. The molecule has 2 aromatic rings. The molecule has 3 rings (SSSR count). The quantitative estimate of drug-likeness (QED) is 0.651. The number of halogens is 1. The van der Waals surface area contributed by atoms with Gasteiger partial charge in [-0.25, -0.2) is 9.97 Å². The molecule has 102 valence electrons. The minimum absolute atomic E-state index is 0.504. The first-order valence-electron chi connectivity index (χ1n) is 7.17. The van der Waals surface area contributed by atoms with Crippen LogP contribution < -0.4 is 0 Å². The van der Waals surface area contributed by atoms with Crippen LogP contribution in [0.2, 0.25) is 5.15 Å². The molecule has 0 aromatic carbocycles. The summed E-state index contributed by atoms with van der Waals surface area (Å²) in [4.78, 5) is 11.6. The molecule has 1 aliphatic carbocycles. The van der Waals surface area contributed by atoms with Gasteiger partial charge in [0.15, 0.2) is 0 Å². The Hall–Kier alpha value is -0.670. The van der Waals surface area contributed by atoms with Crippen molar-refractivity contribution in [2.75, 3.05) is 0 Å². The summed E-state index contributed by atoms with van der Waals surface area (Å²) >= 11 is 8.04. The van der Waals surface area contributed by atoms with Crippen molar-refractivity contribution < 1.29 is 0 Å². The van der Waals surface area contributed by atoms with E-state index in [2.05, 4.69) is 18.0 Å². The Labute approximate surface area is 123 Å². The summed E-state index contributed by atoms with van der Waals surface area (Å²) in [6, 6.07) is 2.09. The minimum Gasteiger partial charge on any atom is -0.222 e. The van der Waals surface area contributed by atoms with Crippen molar-refractivity contribution in [2.45, 2.75) is 57.8 Å². The number of thiophene rings is 1. The van der Waals surface area contributed by atoms with E-state index in [0.717, 1.165) is 16.0 Å². The summed E-state index contributed by atoms with van der Waals surface area (Å²) in [5, 5.41) is 1.64. The van der Waals surface area contributed by atoms with Gasteiger partial charge in [0.1, 0.15) is 15.8 Å². The van der Waals surface area contributed by atoms with Crippen LogP contribution in [-0.4, -0.2) is 9.97 Å². The number of hydrogen-bond acceptors (Lipinski definition) is 3. The Morgan fingerprint density at radius 1 is 1.11 bits per heavy atom. The topological polar surface area (TPSA) is 25.8 Å². The first-order valence-corrected chi connectivity index (χ1v) is 8.37. The van der Waals surface area contributed by atoms with Gasteiger partial charge in [-0.05, 0) is 25.8 Å². The molecule has 1 aliphatic rings. The van der Waals surface area contributed by atoms with Gasteiger partial charge >= 0.3 is 0 Å². The molecule has 19 heavy (non-hydrogen) atoms. The summed E-state index contributed by atoms with van der Waals surface area (Å²) in [5.74, 6) is 1.48. The van der Waals surface area contributed by atoms with E-state index in [9.17, 15) is 0 Å². The fraction of sp³-hybridized carbons (Fsp3) is 0.600. The molecule has 1 saturated carbocycles. The molecule has 2 nitrogen and oxygen atoms in total. The third-order valence-electron chi connectivity index (χ3n) is 3.96. The van der Waals surface area contributed by atoms with Crippen LogP contribution in [0.3, 0.4) is 0 Å². The van der Waals surface area contributed by atoms with Crippen LogP contribution in [0.1, 0.15) is 61.6 Å². The summed E-state index contributed by atoms with van der Waals surface area (Å²) in [6.45, 7) is 2.10. The highest BCUT2D eigenvalue weighted by Crippen LogP contribution is 2.33. The van der Waals surface area contributed by atoms with Crippen LogP contribution in [0.25, 0.3) is 10.2 Å². The van der Waals surface area contributed by atoms with Crippen LogP contribution in [0.15, 0.2) is 6.07 Å². The number of aryl methyl sites for hydroxylation is 1. The molecule has 0 amide bonds. The van der Waals surface area contributed by atoms with Crippen LogP contribution in [-0.2, 0) is 0 Å². The second-order valence-corrected chi connectivity index (χ2v) is 7.08. The van der Waals surface area contributed by atoms with Crippen LogP contribution in [0, 0.1) is 6.92 Å². The molecule has 0 spiro atoms. The second kappa shape index (κ2) is 5.76. The maximum Gasteiger partial charge on any atom is 0.141 e. The van der Waals surface area contributed by atoms with Crippen LogP contribution in [0.5, 0.6) is 0 Å². The average molecular weight is 295 g/mol. The Kier molecular flexibility index (Phi) is 4.04. The van der Waals surface area contributed by atoms with Gasteiger partial charge in [0.05, 0.1) is 0 Å². The molecule has 2 heterocycles. The highest BCUT2D eigenvalue weighted by atomic mass is 35.5. The molecule has 0 aliphatic heterocycles. The first-order chi connectivity index (χ1) is 9.24. The number of fused-ring (bicyclic) bond motifs is 1. The fourth-order valence-electron chi connectivity index (χ4n) is 2.92. The molecule has 0 radical (unpaired) electrons. The molecule has 0 bridgehead atoms. The standard InChI is InChI=1S/C15H19ClN2S/c1-10-9-12-13(16)17-14(18-15(12)19-10)11-7-5-3-2-4-6-8-11/h9,11H,2-8H2,1H3. The Balaban J connectivity index is 1.94. The van der Waals surface area contributed by atoms with E-state index in [-0.39, 0.29) is 0 Å². The second-order valence-electron chi connectivity index (χ2n) is 5.49. The monoisotopic (exact) mass is 294 g/mol. The molecule has 0 atom stereocenters. The lowest BCUT2D eigenvalue weighted by atomic mass is 9.90. The molecule has 0 saturated heterocycles. The Morgan fingerprint density at radius 2 is 1.79 bits per heavy atom. The van der Waals surface area contributed by atoms with Crippen molar-refractivity contribution in [3.8, 4) is 0 Å². The fourth-order valence-corrected chi connectivity index (χ4v) is 4.09. The van der Waals surface area contributed by atoms with E-state index in [0.29, 0.717) is 11.1 Å². The normalized spacial score (nSPS) is 18.4. The zero-order valence-electron chi connectivity index (χ0n) is 11.3. The van der Waals surface area contributed by atoms with Crippen molar-refractivity contribution >= 4 is 33.2 Å². The van der Waals surface area contributed by atoms with Crippen molar-refractivity contribution in [3.63, 3.8) is 0 Å². The van der Waals surface area contributed by atoms with Gasteiger partial charge in [0.25, 0.3) is 0 Å². The van der Waals surface area contributed by atoms with Crippen molar-refractivity contribution in [2.24, 2.45) is 0 Å². The van der Waals surface area contributed by atoms with E-state index in [1.165, 1.54) is 49.8 Å². The average Bonchev–Trinajstić information content (AvgIpc) is 2.69. The lowest BCUT2D eigenvalue weighted by Gasteiger charge is -2.18. The largest absolute Gasteiger partial charge is 0.222 e. The number of nitrogens with zero attached hydrogens (tertiary/aromatic N) is 2. The highest BCUT2D eigenvalue weighted by Gasteiger charge is 2.18. The van der Waals surface area contributed by atoms with Gasteiger partial charge in [-0.15, -0.1) is 11.3 Å². The number of hydrogen-bond donors (Lipinski definition) is 0. The summed E-state index contributed by atoms with van der Waals surface area (Å²) in [5.41, 5.74) is 0. The molecule has 4 heteroatoms. The molecule has 2 aromatic heterocycles. The smallest absolute Gasteiger partial charge is 0.141 e. The third-order valence-corrected chi connectivity index (χ3v) is 5.19. The van der Waals surface area contributed by atoms with E-state index >= 15 is 0 Å². The van der Waals surface area contributed by atoms with Gasteiger partial charge in [0.2, 0.25) is 0 Å². The molecular formula is C15H19ClN2S. The lowest BCUT2D eigenvalue weighted by Crippen LogP contribution is -2.07. The van der Waals surface area contributed by atoms with Gasteiger partial charge < -0.3 is 0 Å². The molecular weight excluding hydrogens is 276 g/mol. The molecule has 0 unspecified atom stereocenters. The lowest BCUT2D eigenvalue weighted by molar-refractivity contribution is 0.443. The highest BCUT2D eigenvalue weighted by molar-refractivity contribution is 7.18. The summed E-state index contributed by atoms with van der Waals surface area (Å²) in [7, 11) is 0. The van der Waals surface area contributed by atoms with Crippen LogP contribution >= 0.6 is 22.9 Å². The third kappa shape index (κ3) is 2.92. The van der Waals surface area contributed by atoms with E-state index in [1.54, 1.807) is 11.3 Å². The molecule has 0 N–H and O–H groups in total. The van der Waals surface area contributed by atoms with Gasteiger partial charge in [-0.2, -0.15) is 0 Å². The first kappa shape index (κ1) is 13.3. The maximum atomic E-state index is 6.32. The van der Waals surface area contributed by atoms with Gasteiger partial charge in [-0.3, -0.25) is 0 Å². The van der Waals surface area contributed by atoms with Gasteiger partial charge in [-0.1, -0.05) is 43.7 Å². The minimum atomic E-state index is 0.504. The Morgan fingerprint density at radius 3 is 2.53 bits per heavy atom. The Bertz CT molecular complexity index is 571. The zero-order valence-corrected chi connectivity index (χ0v) is 12.9. The van der Waals surface area contributed by atoms with E-state index < -0.39 is 0 Å². The summed E-state index contributed by atoms with van der Waals surface area (Å²) in [6.07, 6.45) is 9.12. The van der Waals surface area contributed by atoms with E-state index in [1.807, 2.05) is 0 Å². The van der Waals surface area contributed by atoms with Crippen molar-refractivity contribution in [1.82, 2.24) is 9.97 Å². The van der Waals surface area contributed by atoms with E-state index in [4.69, 9.17) is 16.6 Å². The summed E-state index contributed by atoms with van der Waals surface area (Å²) < 4.78 is 0. The number of aromatic nitrogens is 2. The predicted octanol–water partition coefficient (Wildman–Crippen LogP) is 5.48. The van der Waals surface area contributed by atoms with Crippen LogP contribution in [0.4, 0.5) is 0 Å². The van der Waals surface area contributed by atoms with Crippen molar-refractivity contribution in [1.29, 1.82) is 0 Å². The molecule has 1 fully saturated rings. The van der Waals surface area contributed by atoms with Gasteiger partial charge in [0, 0.05) is 16.2 Å². The SMILES string of the molecule is Cc1cc2c(Cl)nc(C3CCCCCCC3)nc2s1. The zero-order chi connectivity index (χ0) is 13.2. The maximum absolute atomic E-state index is 6.32.